The molecule has 0 bridgehead atoms. The largest absolute Gasteiger partial charge is 0.490 e. The fraction of sp³-hybridized carbons (Fsp3) is 0.667. The molecule has 0 radical (unpaired) electrons. The number of imidazole rings is 1. The number of nitrogens with two attached hydrogens (primary N) is 1. The molecule has 2 aromatic rings. The summed E-state index contributed by atoms with van der Waals surface area (Å²) >= 11 is 0. The average Bonchev–Trinajstić information content (AvgIpc) is 3.46. The van der Waals surface area contributed by atoms with Crippen molar-refractivity contribution in [3.63, 3.8) is 0 Å². The maximum Gasteiger partial charge on any atom is 0.490 e. The Labute approximate surface area is 226 Å². The van der Waals surface area contributed by atoms with E-state index in [1.54, 1.807) is 0 Å². The fourth-order valence-corrected chi connectivity index (χ4v) is 7.27. The summed E-state index contributed by atoms with van der Waals surface area (Å²) in [5, 5.41) is 49.0. The van der Waals surface area contributed by atoms with Gasteiger partial charge < -0.3 is 55.4 Å². The first-order valence-corrected chi connectivity index (χ1v) is 15.5. The van der Waals surface area contributed by atoms with Gasteiger partial charge in [0.15, 0.2) is 23.7 Å². The second-order valence-electron chi connectivity index (χ2n) is 8.53. The molecule has 2 saturated heterocycles. The molecule has 0 saturated carbocycles. The molecule has 0 spiro atoms. The van der Waals surface area contributed by atoms with Gasteiger partial charge in [-0.1, -0.05) is 0 Å². The van der Waals surface area contributed by atoms with Gasteiger partial charge in [-0.05, 0) is 0 Å². The molecule has 2 aromatic heterocycles. The van der Waals surface area contributed by atoms with Crippen LogP contribution in [0.25, 0.3) is 11.2 Å². The third kappa shape index (κ3) is 7.26. The van der Waals surface area contributed by atoms with Crippen molar-refractivity contribution in [1.29, 1.82) is 0 Å². The van der Waals surface area contributed by atoms with Crippen molar-refractivity contribution in [2.24, 2.45) is 0 Å². The number of aliphatic hydroxyl groups excluding tert-OH is 5. The van der Waals surface area contributed by atoms with Gasteiger partial charge in [0, 0.05) is 0 Å². The maximum absolute atomic E-state index is 12.2. The SMILES string of the molecule is Nc1nc2c(ncn2[C@@H]2O[C@H](COP(=O)(O)OP(=O)(O)OP(=O)(O)OC[C@H]3OC(O)[C@H](O)[C@@H]3O)[C@@H](O)[C@H]2O)c(=O)[nH]1. The molecule has 11 N–H and O–H groups in total. The lowest BCUT2D eigenvalue weighted by molar-refractivity contribution is -0.132. The highest BCUT2D eigenvalue weighted by Crippen LogP contribution is 2.67. The summed E-state index contributed by atoms with van der Waals surface area (Å²) in [6.07, 6.45) is -12.6. The van der Waals surface area contributed by atoms with Crippen molar-refractivity contribution in [2.75, 3.05) is 18.9 Å². The van der Waals surface area contributed by atoms with E-state index in [9.17, 15) is 58.7 Å². The van der Waals surface area contributed by atoms with Gasteiger partial charge in [-0.15, -0.1) is 0 Å². The number of nitrogen functional groups attached to an aromatic ring is 1. The first-order chi connectivity index (χ1) is 18.9. The smallest absolute Gasteiger partial charge is 0.387 e. The van der Waals surface area contributed by atoms with Crippen LogP contribution in [-0.4, -0.2) is 116 Å². The second kappa shape index (κ2) is 11.8. The van der Waals surface area contributed by atoms with Gasteiger partial charge in [-0.25, -0.2) is 18.7 Å². The number of phosphoric ester groups is 2. The molecule has 4 unspecified atom stereocenters. The van der Waals surface area contributed by atoms with Gasteiger partial charge in [-0.3, -0.25) is 23.4 Å². The lowest BCUT2D eigenvalue weighted by Crippen LogP contribution is -2.34. The summed E-state index contributed by atoms with van der Waals surface area (Å²) in [6, 6.07) is 0. The van der Waals surface area contributed by atoms with Gasteiger partial charge in [0.2, 0.25) is 5.95 Å². The normalized spacial score (nSPS) is 34.8. The van der Waals surface area contributed by atoms with Gasteiger partial charge >= 0.3 is 23.5 Å². The third-order valence-electron chi connectivity index (χ3n) is 5.62. The van der Waals surface area contributed by atoms with E-state index in [-0.39, 0.29) is 17.1 Å². The molecule has 2 fully saturated rings. The number of aliphatic hydroxyl groups is 5. The first kappa shape index (κ1) is 32.2. The zero-order valence-electron chi connectivity index (χ0n) is 20.0. The number of hydrogen-bond donors (Lipinski definition) is 10. The van der Waals surface area contributed by atoms with Crippen molar-refractivity contribution in [2.45, 2.75) is 49.1 Å². The number of aromatic amines is 1. The van der Waals surface area contributed by atoms with Gasteiger partial charge in [-0.2, -0.15) is 13.6 Å². The van der Waals surface area contributed by atoms with Gasteiger partial charge in [0.1, 0.15) is 36.6 Å². The second-order valence-corrected chi connectivity index (χ2v) is 13.2. The Morgan fingerprint density at radius 2 is 1.41 bits per heavy atom. The molecule has 11 atom stereocenters. The molecule has 23 nitrogen and oxygen atoms in total. The van der Waals surface area contributed by atoms with Crippen LogP contribution in [0.15, 0.2) is 11.1 Å². The van der Waals surface area contributed by atoms with E-state index in [0.29, 0.717) is 0 Å². The Balaban J connectivity index is 1.34. The first-order valence-electron chi connectivity index (χ1n) is 11.0. The van der Waals surface area contributed by atoms with Gasteiger partial charge in [0.25, 0.3) is 5.56 Å². The average molecular weight is 655 g/mol. The fourth-order valence-electron chi connectivity index (χ4n) is 3.75. The van der Waals surface area contributed by atoms with Gasteiger partial charge in [0.05, 0.1) is 19.5 Å². The molecule has 4 heterocycles. The standard InChI is InChI=1S/C15H24N5O18P3/c16-15-18-11-6(12(25)19-15)17-3-20(11)13-9(23)7(21)4(35-13)1-33-39(27,28)37-41(31,32)38-40(29,30)34-2-5-8(22)10(24)14(26)36-5/h3-5,7-10,13-14,21-24,26H,1-2H2,(H,27,28)(H,29,30)(H,31,32)(H3,16,18,19,25)/t4-,5-,7-,8-,9-,10-,13-,14?/m1/s1. The van der Waals surface area contributed by atoms with Crippen molar-refractivity contribution in [1.82, 2.24) is 19.5 Å². The van der Waals surface area contributed by atoms with Crippen LogP contribution in [-0.2, 0) is 40.8 Å². The predicted molar refractivity (Wildman–Crippen MR) is 125 cm³/mol. The Bertz CT molecular complexity index is 1470. The van der Waals surface area contributed by atoms with E-state index in [1.807, 2.05) is 0 Å². The topological polar surface area (TPSA) is 358 Å². The number of ether oxygens (including phenoxy) is 2. The van der Waals surface area contributed by atoms with Crippen LogP contribution < -0.4 is 11.3 Å². The number of phosphoric acid groups is 3. The quantitative estimate of drug-likeness (QED) is 0.103. The van der Waals surface area contributed by atoms with Crippen LogP contribution in [0.4, 0.5) is 5.95 Å². The van der Waals surface area contributed by atoms with Crippen molar-refractivity contribution >= 4 is 40.6 Å². The van der Waals surface area contributed by atoms with E-state index in [1.165, 1.54) is 0 Å². The minimum absolute atomic E-state index is 0.143. The van der Waals surface area contributed by atoms with E-state index < -0.39 is 91.4 Å². The third-order valence-corrected chi connectivity index (χ3v) is 9.87. The lowest BCUT2D eigenvalue weighted by Gasteiger charge is -2.21. The monoisotopic (exact) mass is 655 g/mol. The zero-order chi connectivity index (χ0) is 30.5. The number of nitrogens with one attached hydrogen (secondary N) is 1. The molecule has 0 aliphatic carbocycles. The summed E-state index contributed by atoms with van der Waals surface area (Å²) in [5.74, 6) is -0.300. The van der Waals surface area contributed by atoms with Crippen molar-refractivity contribution < 1.29 is 81.1 Å². The minimum atomic E-state index is -5.91. The molecule has 4 rings (SSSR count). The molecular formula is C15H24N5O18P3. The van der Waals surface area contributed by atoms with Crippen molar-refractivity contribution in [3.8, 4) is 0 Å². The summed E-state index contributed by atoms with van der Waals surface area (Å²) in [5.41, 5.74) is 4.46. The molecule has 0 aromatic carbocycles. The van der Waals surface area contributed by atoms with Crippen LogP contribution in [0, 0.1) is 0 Å². The molecule has 232 valence electrons. The number of hydrogen-bond acceptors (Lipinski definition) is 18. The van der Waals surface area contributed by atoms with Crippen LogP contribution >= 0.6 is 23.5 Å². The number of rotatable bonds is 11. The number of nitrogens with zero attached hydrogens (tertiary/aromatic N) is 3. The van der Waals surface area contributed by atoms with Crippen LogP contribution in [0.1, 0.15) is 6.23 Å². The molecule has 26 heteroatoms. The molecular weight excluding hydrogens is 631 g/mol. The molecule has 2 aliphatic rings. The number of H-pyrrole nitrogens is 1. The summed E-state index contributed by atoms with van der Waals surface area (Å²) < 4.78 is 63.9. The minimum Gasteiger partial charge on any atom is -0.387 e. The summed E-state index contributed by atoms with van der Waals surface area (Å²) in [6.45, 7) is -2.13. The maximum atomic E-state index is 12.2. The highest BCUT2D eigenvalue weighted by Gasteiger charge is 2.48. The van der Waals surface area contributed by atoms with Crippen molar-refractivity contribution in [3.05, 3.63) is 16.7 Å². The Kier molecular flexibility index (Phi) is 9.23. The molecule has 2 aliphatic heterocycles. The number of anilines is 1. The predicted octanol–water partition coefficient (Wildman–Crippen LogP) is -3.87. The highest BCUT2D eigenvalue weighted by atomic mass is 31.3. The summed E-state index contributed by atoms with van der Waals surface area (Å²) in [4.78, 5) is 50.9. The molecule has 41 heavy (non-hydrogen) atoms. The molecule has 0 amide bonds. The number of fused-ring (bicyclic) bond motifs is 1. The number of aromatic nitrogens is 4. The van der Waals surface area contributed by atoms with Crippen LogP contribution in [0.2, 0.25) is 0 Å². The highest BCUT2D eigenvalue weighted by molar-refractivity contribution is 7.66. The van der Waals surface area contributed by atoms with E-state index in [4.69, 9.17) is 10.5 Å². The van der Waals surface area contributed by atoms with Crippen LogP contribution in [0.3, 0.4) is 0 Å². The lowest BCUT2D eigenvalue weighted by atomic mass is 10.1. The Hall–Kier alpha value is -1.72. The van der Waals surface area contributed by atoms with E-state index in [2.05, 4.69) is 37.4 Å². The zero-order valence-corrected chi connectivity index (χ0v) is 22.7. The van der Waals surface area contributed by atoms with E-state index >= 15 is 0 Å². The van der Waals surface area contributed by atoms with E-state index in [0.717, 1.165) is 10.9 Å². The Morgan fingerprint density at radius 1 is 0.878 bits per heavy atom. The Morgan fingerprint density at radius 3 is 1.95 bits per heavy atom. The van der Waals surface area contributed by atoms with Crippen LogP contribution in [0.5, 0.6) is 0 Å². The summed E-state index contributed by atoms with van der Waals surface area (Å²) in [7, 11) is -17.1.